The number of benzene rings is 2. The van der Waals surface area contributed by atoms with Crippen LogP contribution in [0.2, 0.25) is 0 Å². The number of amidine groups is 1. The van der Waals surface area contributed by atoms with Gasteiger partial charge in [-0.2, -0.15) is 0 Å². The Kier molecular flexibility index (Phi) is 3.33. The summed E-state index contributed by atoms with van der Waals surface area (Å²) in [5.41, 5.74) is 9.60. The zero-order valence-corrected chi connectivity index (χ0v) is 10.5. The van der Waals surface area contributed by atoms with Crippen molar-refractivity contribution in [2.45, 2.75) is 6.92 Å². The van der Waals surface area contributed by atoms with Crippen molar-refractivity contribution in [3.63, 3.8) is 0 Å². The first kappa shape index (κ1) is 12.2. The van der Waals surface area contributed by atoms with Gasteiger partial charge >= 0.3 is 0 Å². The maximum absolute atomic E-state index is 7.49. The van der Waals surface area contributed by atoms with Gasteiger partial charge in [0, 0.05) is 5.56 Å². The highest BCUT2D eigenvalue weighted by atomic mass is 16.5. The molecule has 0 heterocycles. The SMILES string of the molecule is COc1ccc(-c2cc(C(=N)N)ccc2C)cc1. The molecule has 0 aliphatic rings. The van der Waals surface area contributed by atoms with Gasteiger partial charge in [-0.3, -0.25) is 5.41 Å². The molecule has 0 radical (unpaired) electrons. The quantitative estimate of drug-likeness (QED) is 0.640. The van der Waals surface area contributed by atoms with Crippen LogP contribution in [0.1, 0.15) is 11.1 Å². The molecule has 0 aliphatic heterocycles. The van der Waals surface area contributed by atoms with Crippen molar-refractivity contribution in [2.75, 3.05) is 7.11 Å². The van der Waals surface area contributed by atoms with E-state index in [1.54, 1.807) is 7.11 Å². The van der Waals surface area contributed by atoms with Crippen molar-refractivity contribution in [3.05, 3.63) is 53.6 Å². The van der Waals surface area contributed by atoms with E-state index in [1.807, 2.05) is 49.4 Å². The lowest BCUT2D eigenvalue weighted by atomic mass is 9.98. The van der Waals surface area contributed by atoms with Gasteiger partial charge in [0.05, 0.1) is 7.11 Å². The lowest BCUT2D eigenvalue weighted by Crippen LogP contribution is -2.11. The number of hydrogen-bond acceptors (Lipinski definition) is 2. The lowest BCUT2D eigenvalue weighted by Gasteiger charge is -2.09. The summed E-state index contributed by atoms with van der Waals surface area (Å²) in [4.78, 5) is 0. The number of nitrogen functional groups attached to an aromatic ring is 1. The minimum atomic E-state index is 0.0877. The van der Waals surface area contributed by atoms with Crippen LogP contribution in [0.15, 0.2) is 42.5 Å². The first-order chi connectivity index (χ1) is 8.61. The van der Waals surface area contributed by atoms with Crippen molar-refractivity contribution >= 4 is 5.84 Å². The Morgan fingerprint density at radius 2 is 1.78 bits per heavy atom. The van der Waals surface area contributed by atoms with Gasteiger partial charge in [-0.05, 0) is 41.8 Å². The Morgan fingerprint density at radius 1 is 1.11 bits per heavy atom. The molecule has 0 bridgehead atoms. The lowest BCUT2D eigenvalue weighted by molar-refractivity contribution is 0.415. The second-order valence-electron chi connectivity index (χ2n) is 4.17. The fourth-order valence-electron chi connectivity index (χ4n) is 1.87. The third-order valence-electron chi connectivity index (χ3n) is 2.95. The Morgan fingerprint density at radius 3 is 2.33 bits per heavy atom. The number of ether oxygens (including phenoxy) is 1. The van der Waals surface area contributed by atoms with Crippen LogP contribution >= 0.6 is 0 Å². The molecule has 18 heavy (non-hydrogen) atoms. The fourth-order valence-corrected chi connectivity index (χ4v) is 1.87. The second-order valence-corrected chi connectivity index (χ2v) is 4.17. The van der Waals surface area contributed by atoms with E-state index >= 15 is 0 Å². The number of aryl methyl sites for hydroxylation is 1. The van der Waals surface area contributed by atoms with Crippen molar-refractivity contribution in [2.24, 2.45) is 5.73 Å². The number of hydrogen-bond donors (Lipinski definition) is 2. The molecule has 0 unspecified atom stereocenters. The highest BCUT2D eigenvalue weighted by Gasteiger charge is 2.05. The zero-order valence-electron chi connectivity index (χ0n) is 10.5. The molecular weight excluding hydrogens is 224 g/mol. The summed E-state index contributed by atoms with van der Waals surface area (Å²) in [7, 11) is 1.65. The van der Waals surface area contributed by atoms with Gasteiger partial charge in [0.25, 0.3) is 0 Å². The summed E-state index contributed by atoms with van der Waals surface area (Å²) in [5.74, 6) is 0.920. The predicted molar refractivity (Wildman–Crippen MR) is 74.2 cm³/mol. The van der Waals surface area contributed by atoms with E-state index < -0.39 is 0 Å². The summed E-state index contributed by atoms with van der Waals surface area (Å²) in [6, 6.07) is 13.7. The summed E-state index contributed by atoms with van der Waals surface area (Å²) < 4.78 is 5.14. The van der Waals surface area contributed by atoms with E-state index in [2.05, 4.69) is 0 Å². The van der Waals surface area contributed by atoms with Crippen LogP contribution < -0.4 is 10.5 Å². The van der Waals surface area contributed by atoms with E-state index in [0.29, 0.717) is 0 Å². The molecule has 0 aliphatic carbocycles. The Hall–Kier alpha value is -2.29. The molecule has 0 aromatic heterocycles. The van der Waals surface area contributed by atoms with Crippen LogP contribution in [-0.2, 0) is 0 Å². The summed E-state index contributed by atoms with van der Waals surface area (Å²) in [6.07, 6.45) is 0. The molecule has 0 atom stereocenters. The van der Waals surface area contributed by atoms with Gasteiger partial charge in [0.15, 0.2) is 0 Å². The van der Waals surface area contributed by atoms with Gasteiger partial charge in [-0.1, -0.05) is 24.3 Å². The highest BCUT2D eigenvalue weighted by molar-refractivity contribution is 5.96. The van der Waals surface area contributed by atoms with Gasteiger partial charge in [-0.15, -0.1) is 0 Å². The average molecular weight is 240 g/mol. The van der Waals surface area contributed by atoms with Crippen LogP contribution in [0.3, 0.4) is 0 Å². The van der Waals surface area contributed by atoms with Gasteiger partial charge in [-0.25, -0.2) is 0 Å². The first-order valence-corrected chi connectivity index (χ1v) is 5.71. The number of rotatable bonds is 3. The summed E-state index contributed by atoms with van der Waals surface area (Å²) >= 11 is 0. The van der Waals surface area contributed by atoms with Gasteiger partial charge in [0.1, 0.15) is 11.6 Å². The zero-order chi connectivity index (χ0) is 13.1. The van der Waals surface area contributed by atoms with E-state index in [-0.39, 0.29) is 5.84 Å². The normalized spacial score (nSPS) is 10.1. The molecule has 0 amide bonds. The Balaban J connectivity index is 2.48. The highest BCUT2D eigenvalue weighted by Crippen LogP contribution is 2.26. The largest absolute Gasteiger partial charge is 0.497 e. The van der Waals surface area contributed by atoms with E-state index in [0.717, 1.165) is 28.0 Å². The smallest absolute Gasteiger partial charge is 0.122 e. The molecule has 0 spiro atoms. The molecule has 0 saturated heterocycles. The summed E-state index contributed by atoms with van der Waals surface area (Å²) in [5, 5.41) is 7.49. The molecular formula is C15H16N2O. The third-order valence-corrected chi connectivity index (χ3v) is 2.95. The molecule has 2 rings (SSSR count). The standard InChI is InChI=1S/C15H16N2O/c1-10-3-4-12(15(16)17)9-14(10)11-5-7-13(18-2)8-6-11/h3-9H,1-2H3,(H3,16,17). The van der Waals surface area contributed by atoms with E-state index in [1.165, 1.54) is 0 Å². The summed E-state index contributed by atoms with van der Waals surface area (Å²) in [6.45, 7) is 2.05. The Labute approximate surface area is 107 Å². The Bertz CT molecular complexity index is 574. The van der Waals surface area contributed by atoms with Crippen LogP contribution in [-0.4, -0.2) is 12.9 Å². The number of nitrogens with one attached hydrogen (secondary N) is 1. The molecule has 0 saturated carbocycles. The first-order valence-electron chi connectivity index (χ1n) is 5.71. The van der Waals surface area contributed by atoms with Gasteiger partial charge in [0.2, 0.25) is 0 Å². The molecule has 2 aromatic rings. The molecule has 0 fully saturated rings. The average Bonchev–Trinajstić information content (AvgIpc) is 2.39. The third kappa shape index (κ3) is 2.35. The number of nitrogens with two attached hydrogens (primary N) is 1. The molecule has 2 aromatic carbocycles. The maximum atomic E-state index is 7.49. The minimum absolute atomic E-state index is 0.0877. The van der Waals surface area contributed by atoms with E-state index in [4.69, 9.17) is 15.9 Å². The van der Waals surface area contributed by atoms with Crippen molar-refractivity contribution in [1.82, 2.24) is 0 Å². The van der Waals surface area contributed by atoms with Crippen LogP contribution in [0.5, 0.6) is 5.75 Å². The monoisotopic (exact) mass is 240 g/mol. The van der Waals surface area contributed by atoms with Gasteiger partial charge < -0.3 is 10.5 Å². The molecule has 3 heteroatoms. The van der Waals surface area contributed by atoms with Crippen LogP contribution in [0.25, 0.3) is 11.1 Å². The fraction of sp³-hybridized carbons (Fsp3) is 0.133. The molecule has 3 nitrogen and oxygen atoms in total. The molecule has 92 valence electrons. The predicted octanol–water partition coefficient (Wildman–Crippen LogP) is 2.95. The van der Waals surface area contributed by atoms with Crippen molar-refractivity contribution < 1.29 is 4.74 Å². The van der Waals surface area contributed by atoms with Crippen LogP contribution in [0.4, 0.5) is 0 Å². The minimum Gasteiger partial charge on any atom is -0.497 e. The maximum Gasteiger partial charge on any atom is 0.122 e. The molecule has 3 N–H and O–H groups in total. The topological polar surface area (TPSA) is 59.1 Å². The van der Waals surface area contributed by atoms with Crippen molar-refractivity contribution in [3.8, 4) is 16.9 Å². The van der Waals surface area contributed by atoms with E-state index in [9.17, 15) is 0 Å². The van der Waals surface area contributed by atoms with Crippen molar-refractivity contribution in [1.29, 1.82) is 5.41 Å². The second kappa shape index (κ2) is 4.92. The van der Waals surface area contributed by atoms with Crippen LogP contribution in [0, 0.1) is 12.3 Å². The number of methoxy groups -OCH3 is 1.